The molecule has 0 saturated carbocycles. The molecule has 0 aliphatic carbocycles. The zero-order chi connectivity index (χ0) is 22.2. The van der Waals surface area contributed by atoms with Crippen molar-refractivity contribution in [2.24, 2.45) is 4.99 Å². The number of nitrogens with zero attached hydrogens (tertiary/aromatic N) is 1. The van der Waals surface area contributed by atoms with Crippen molar-refractivity contribution in [1.29, 1.82) is 0 Å². The summed E-state index contributed by atoms with van der Waals surface area (Å²) in [5.74, 6) is 3.31. The number of hydrogen-bond acceptors (Lipinski definition) is 6. The number of aliphatic imine (C=N–C) groups is 1. The molecule has 4 rings (SSSR count). The lowest BCUT2D eigenvalue weighted by Crippen LogP contribution is -2.34. The van der Waals surface area contributed by atoms with E-state index in [4.69, 9.17) is 18.9 Å². The molecule has 2 heterocycles. The summed E-state index contributed by atoms with van der Waals surface area (Å²) < 4.78 is 22.3. The van der Waals surface area contributed by atoms with E-state index in [1.165, 1.54) is 0 Å². The SMILES string of the molecule is CCNC(=O)CN=C(NCCc1ccc2c(c1)OCO2)Nc1ccc2c(c1)OCCCO2. The highest BCUT2D eigenvalue weighted by Gasteiger charge is 2.14. The van der Waals surface area contributed by atoms with Gasteiger partial charge in [0, 0.05) is 31.3 Å². The second kappa shape index (κ2) is 10.6. The zero-order valence-electron chi connectivity index (χ0n) is 18.1. The van der Waals surface area contributed by atoms with Gasteiger partial charge >= 0.3 is 0 Å². The average molecular weight is 441 g/mol. The van der Waals surface area contributed by atoms with Gasteiger partial charge < -0.3 is 34.9 Å². The van der Waals surface area contributed by atoms with E-state index >= 15 is 0 Å². The normalized spacial score (nSPS) is 14.5. The monoisotopic (exact) mass is 440 g/mol. The van der Waals surface area contributed by atoms with Gasteiger partial charge in [0.1, 0.15) is 6.54 Å². The third kappa shape index (κ3) is 5.75. The molecule has 0 unspecified atom stereocenters. The molecule has 0 aromatic heterocycles. The molecule has 0 saturated heterocycles. The van der Waals surface area contributed by atoms with Crippen LogP contribution in [-0.2, 0) is 11.2 Å². The van der Waals surface area contributed by atoms with E-state index in [1.807, 2.05) is 43.3 Å². The molecule has 1 amide bonds. The van der Waals surface area contributed by atoms with Crippen LogP contribution in [0, 0.1) is 0 Å². The van der Waals surface area contributed by atoms with Crippen LogP contribution in [-0.4, -0.2) is 51.5 Å². The van der Waals surface area contributed by atoms with E-state index in [-0.39, 0.29) is 19.2 Å². The Morgan fingerprint density at radius 3 is 2.56 bits per heavy atom. The van der Waals surface area contributed by atoms with E-state index < -0.39 is 0 Å². The van der Waals surface area contributed by atoms with Crippen LogP contribution in [0.1, 0.15) is 18.9 Å². The first kappa shape index (κ1) is 21.6. The molecule has 0 bridgehead atoms. The van der Waals surface area contributed by atoms with Crippen molar-refractivity contribution >= 4 is 17.6 Å². The maximum absolute atomic E-state index is 11.9. The first-order chi connectivity index (χ1) is 15.7. The standard InChI is InChI=1S/C23H28N4O5/c1-2-24-22(28)14-26-23(25-9-8-16-4-6-19-20(12-16)32-15-31-19)27-17-5-7-18-21(13-17)30-11-3-10-29-18/h4-7,12-13H,2-3,8-11,14-15H2,1H3,(H,24,28)(H2,25,26,27). The van der Waals surface area contributed by atoms with Crippen molar-refractivity contribution in [1.82, 2.24) is 10.6 Å². The van der Waals surface area contributed by atoms with Gasteiger partial charge in [-0.05, 0) is 43.2 Å². The maximum atomic E-state index is 11.9. The molecule has 2 aromatic carbocycles. The molecule has 0 radical (unpaired) electrons. The topological polar surface area (TPSA) is 102 Å². The molecule has 3 N–H and O–H groups in total. The van der Waals surface area contributed by atoms with Crippen molar-refractivity contribution in [2.45, 2.75) is 19.8 Å². The second-order valence-corrected chi connectivity index (χ2v) is 7.32. The van der Waals surface area contributed by atoms with Crippen LogP contribution < -0.4 is 34.9 Å². The van der Waals surface area contributed by atoms with Crippen LogP contribution in [0.15, 0.2) is 41.4 Å². The third-order valence-corrected chi connectivity index (χ3v) is 4.91. The van der Waals surface area contributed by atoms with E-state index in [0.29, 0.717) is 38.0 Å². The molecule has 2 aliphatic heterocycles. The molecule has 9 heteroatoms. The fourth-order valence-corrected chi connectivity index (χ4v) is 3.34. The van der Waals surface area contributed by atoms with E-state index in [0.717, 1.165) is 41.3 Å². The van der Waals surface area contributed by atoms with Gasteiger partial charge in [-0.3, -0.25) is 4.79 Å². The van der Waals surface area contributed by atoms with Crippen LogP contribution in [0.5, 0.6) is 23.0 Å². The highest BCUT2D eigenvalue weighted by Crippen LogP contribution is 2.33. The summed E-state index contributed by atoms with van der Waals surface area (Å²) in [6.07, 6.45) is 1.59. The number of carbonyl (C=O) groups excluding carboxylic acids is 1. The van der Waals surface area contributed by atoms with Gasteiger partial charge in [-0.15, -0.1) is 0 Å². The lowest BCUT2D eigenvalue weighted by Gasteiger charge is -2.15. The van der Waals surface area contributed by atoms with Crippen molar-refractivity contribution in [2.75, 3.05) is 45.0 Å². The van der Waals surface area contributed by atoms with Crippen LogP contribution >= 0.6 is 0 Å². The largest absolute Gasteiger partial charge is 0.490 e. The molecule has 0 spiro atoms. The maximum Gasteiger partial charge on any atom is 0.241 e. The quantitative estimate of drug-likeness (QED) is 0.449. The van der Waals surface area contributed by atoms with Crippen molar-refractivity contribution in [3.63, 3.8) is 0 Å². The second-order valence-electron chi connectivity index (χ2n) is 7.32. The predicted octanol–water partition coefficient (Wildman–Crippen LogP) is 2.31. The summed E-state index contributed by atoms with van der Waals surface area (Å²) in [4.78, 5) is 16.3. The number of benzene rings is 2. The number of guanidine groups is 1. The van der Waals surface area contributed by atoms with Gasteiger partial charge in [0.05, 0.1) is 13.2 Å². The van der Waals surface area contributed by atoms with Gasteiger partial charge in [0.15, 0.2) is 29.0 Å². The zero-order valence-corrected chi connectivity index (χ0v) is 18.1. The van der Waals surface area contributed by atoms with Gasteiger partial charge in [-0.2, -0.15) is 0 Å². The number of ether oxygens (including phenoxy) is 4. The van der Waals surface area contributed by atoms with Crippen LogP contribution in [0.3, 0.4) is 0 Å². The molecular weight excluding hydrogens is 412 g/mol. The number of fused-ring (bicyclic) bond motifs is 2. The van der Waals surface area contributed by atoms with Gasteiger partial charge in [-0.25, -0.2) is 4.99 Å². The Hall–Kier alpha value is -3.62. The number of amides is 1. The summed E-state index contributed by atoms with van der Waals surface area (Å²) in [5, 5.41) is 9.30. The summed E-state index contributed by atoms with van der Waals surface area (Å²) in [6, 6.07) is 11.6. The highest BCUT2D eigenvalue weighted by molar-refractivity contribution is 5.95. The number of likely N-dealkylation sites (N-methyl/N-ethyl adjacent to an activating group) is 1. The minimum atomic E-state index is -0.136. The molecule has 0 fully saturated rings. The van der Waals surface area contributed by atoms with Crippen molar-refractivity contribution in [3.8, 4) is 23.0 Å². The number of carbonyl (C=O) groups is 1. The Morgan fingerprint density at radius 2 is 1.69 bits per heavy atom. The fourth-order valence-electron chi connectivity index (χ4n) is 3.34. The Morgan fingerprint density at radius 1 is 0.938 bits per heavy atom. The van der Waals surface area contributed by atoms with Crippen LogP contribution in [0.2, 0.25) is 0 Å². The van der Waals surface area contributed by atoms with E-state index in [1.54, 1.807) is 0 Å². The van der Waals surface area contributed by atoms with Crippen LogP contribution in [0.4, 0.5) is 5.69 Å². The highest BCUT2D eigenvalue weighted by atomic mass is 16.7. The van der Waals surface area contributed by atoms with Crippen LogP contribution in [0.25, 0.3) is 0 Å². The minimum absolute atomic E-state index is 0.0255. The Bertz CT molecular complexity index is 979. The average Bonchev–Trinajstić information content (AvgIpc) is 3.14. The minimum Gasteiger partial charge on any atom is -0.490 e. The Balaban J connectivity index is 1.41. The first-order valence-electron chi connectivity index (χ1n) is 10.8. The molecule has 170 valence electrons. The lowest BCUT2D eigenvalue weighted by molar-refractivity contribution is -0.119. The molecular formula is C23H28N4O5. The van der Waals surface area contributed by atoms with Crippen molar-refractivity contribution < 1.29 is 23.7 Å². The number of rotatable bonds is 7. The lowest BCUT2D eigenvalue weighted by atomic mass is 10.1. The van der Waals surface area contributed by atoms with E-state index in [2.05, 4.69) is 20.9 Å². The summed E-state index contributed by atoms with van der Waals surface area (Å²) in [6.45, 7) is 4.60. The third-order valence-electron chi connectivity index (χ3n) is 4.91. The number of nitrogens with one attached hydrogen (secondary N) is 3. The van der Waals surface area contributed by atoms with E-state index in [9.17, 15) is 4.79 Å². The predicted molar refractivity (Wildman–Crippen MR) is 121 cm³/mol. The smallest absolute Gasteiger partial charge is 0.241 e. The molecule has 0 atom stereocenters. The summed E-state index contributed by atoms with van der Waals surface area (Å²) >= 11 is 0. The first-order valence-corrected chi connectivity index (χ1v) is 10.8. The van der Waals surface area contributed by atoms with Gasteiger partial charge in [0.25, 0.3) is 0 Å². The van der Waals surface area contributed by atoms with Crippen molar-refractivity contribution in [3.05, 3.63) is 42.0 Å². The van der Waals surface area contributed by atoms with Gasteiger partial charge in [0.2, 0.25) is 12.7 Å². The summed E-state index contributed by atoms with van der Waals surface area (Å²) in [5.41, 5.74) is 1.90. The molecule has 2 aliphatic rings. The number of hydrogen-bond donors (Lipinski definition) is 3. The van der Waals surface area contributed by atoms with Gasteiger partial charge in [-0.1, -0.05) is 6.07 Å². The molecule has 9 nitrogen and oxygen atoms in total. The Labute approximate surface area is 187 Å². The molecule has 32 heavy (non-hydrogen) atoms. The molecule has 2 aromatic rings. The fraction of sp³-hybridized carbons (Fsp3) is 0.391. The number of anilines is 1. The summed E-state index contributed by atoms with van der Waals surface area (Å²) in [7, 11) is 0. The Kier molecular flexibility index (Phi) is 7.16.